The van der Waals surface area contributed by atoms with E-state index in [1.54, 1.807) is 24.3 Å². The van der Waals surface area contributed by atoms with Crippen molar-refractivity contribution in [1.29, 1.82) is 0 Å². The Bertz CT molecular complexity index is 1000. The highest BCUT2D eigenvalue weighted by atomic mass is 19.1. The Balaban J connectivity index is 1.29. The van der Waals surface area contributed by atoms with Crippen LogP contribution in [-0.2, 0) is 4.79 Å². The number of para-hydroxylation sites is 1. The molecule has 0 bridgehead atoms. The van der Waals surface area contributed by atoms with Crippen molar-refractivity contribution in [2.45, 2.75) is 6.42 Å². The van der Waals surface area contributed by atoms with Crippen LogP contribution < -0.4 is 10.2 Å². The number of piperazine rings is 1. The number of rotatable bonds is 5. The van der Waals surface area contributed by atoms with E-state index in [0.29, 0.717) is 50.3 Å². The summed E-state index contributed by atoms with van der Waals surface area (Å²) < 4.78 is 26.9. The number of benzene rings is 2. The minimum Gasteiger partial charge on any atom is -0.369 e. The van der Waals surface area contributed by atoms with Gasteiger partial charge in [0.2, 0.25) is 5.91 Å². The molecule has 0 radical (unpaired) electrons. The third-order valence-corrected chi connectivity index (χ3v) is 5.07. The van der Waals surface area contributed by atoms with Crippen molar-refractivity contribution in [2.24, 2.45) is 0 Å². The monoisotopic (exact) mass is 397 g/mol. The smallest absolute Gasteiger partial charge is 0.224 e. The first-order chi connectivity index (χ1) is 14.1. The van der Waals surface area contributed by atoms with Crippen molar-refractivity contribution in [3.05, 3.63) is 60.4 Å². The molecule has 1 N–H and O–H groups in total. The van der Waals surface area contributed by atoms with Gasteiger partial charge >= 0.3 is 0 Å². The summed E-state index contributed by atoms with van der Waals surface area (Å²) in [6.45, 7) is 3.07. The minimum absolute atomic E-state index is 0.0563. The van der Waals surface area contributed by atoms with Crippen LogP contribution in [0.3, 0.4) is 0 Å². The second-order valence-electron chi connectivity index (χ2n) is 6.88. The summed E-state index contributed by atoms with van der Waals surface area (Å²) in [5, 5.41) is 3.70. The van der Waals surface area contributed by atoms with Crippen molar-refractivity contribution in [3.8, 4) is 0 Å². The van der Waals surface area contributed by atoms with Crippen LogP contribution in [0.25, 0.3) is 10.9 Å². The van der Waals surface area contributed by atoms with Crippen LogP contribution in [0.5, 0.6) is 0 Å². The second-order valence-corrected chi connectivity index (χ2v) is 6.88. The summed E-state index contributed by atoms with van der Waals surface area (Å²) in [6, 6.07) is 11.1. The number of carbonyl (C=O) groups is 1. The van der Waals surface area contributed by atoms with Crippen molar-refractivity contribution in [1.82, 2.24) is 14.9 Å². The first kappa shape index (κ1) is 19.0. The van der Waals surface area contributed by atoms with Gasteiger partial charge < -0.3 is 15.1 Å². The van der Waals surface area contributed by atoms with Gasteiger partial charge in [-0.15, -0.1) is 0 Å². The number of anilines is 2. The molecule has 1 fully saturated rings. The molecular weight excluding hydrogens is 376 g/mol. The number of carbonyl (C=O) groups excluding carboxylic acids is 1. The molecule has 4 rings (SSSR count). The predicted molar refractivity (Wildman–Crippen MR) is 108 cm³/mol. The molecule has 8 heteroatoms. The van der Waals surface area contributed by atoms with Crippen molar-refractivity contribution >= 4 is 28.3 Å². The third kappa shape index (κ3) is 4.26. The molecule has 0 aliphatic carbocycles. The van der Waals surface area contributed by atoms with Crippen LogP contribution in [-0.4, -0.2) is 53.5 Å². The Kier molecular flexibility index (Phi) is 5.50. The minimum atomic E-state index is -0.400. The fraction of sp³-hybridized carbons (Fsp3) is 0.286. The lowest BCUT2D eigenvalue weighted by atomic mass is 10.2. The second kappa shape index (κ2) is 8.38. The van der Waals surface area contributed by atoms with Gasteiger partial charge in [-0.2, -0.15) is 0 Å². The van der Waals surface area contributed by atoms with Gasteiger partial charge in [-0.1, -0.05) is 6.07 Å². The molecule has 1 aliphatic heterocycles. The lowest BCUT2D eigenvalue weighted by Crippen LogP contribution is -2.49. The van der Waals surface area contributed by atoms with Gasteiger partial charge in [-0.3, -0.25) is 4.79 Å². The van der Waals surface area contributed by atoms with E-state index in [0.717, 1.165) is 5.69 Å². The molecule has 2 heterocycles. The number of fused-ring (bicyclic) bond motifs is 1. The molecule has 6 nitrogen and oxygen atoms in total. The Hall–Kier alpha value is -3.29. The molecule has 1 aromatic heterocycles. The van der Waals surface area contributed by atoms with Gasteiger partial charge in [0, 0.05) is 50.2 Å². The average molecular weight is 397 g/mol. The zero-order chi connectivity index (χ0) is 20.2. The highest BCUT2D eigenvalue weighted by Gasteiger charge is 2.21. The number of hydrogen-bond donors (Lipinski definition) is 1. The SMILES string of the molecule is O=C(CCNc1ncnc2c(F)cccc12)N1CCN(c2ccc(F)cc2)CC1. The maximum absolute atomic E-state index is 13.8. The number of nitrogens with one attached hydrogen (secondary N) is 1. The molecule has 0 unspecified atom stereocenters. The molecule has 1 aliphatic rings. The van der Waals surface area contributed by atoms with Gasteiger partial charge in [-0.25, -0.2) is 18.7 Å². The lowest BCUT2D eigenvalue weighted by Gasteiger charge is -2.36. The molecule has 2 aromatic carbocycles. The summed E-state index contributed by atoms with van der Waals surface area (Å²) in [7, 11) is 0. The van der Waals surface area contributed by atoms with Crippen LogP contribution in [0.15, 0.2) is 48.8 Å². The van der Waals surface area contributed by atoms with E-state index < -0.39 is 5.82 Å². The number of nitrogens with zero attached hydrogens (tertiary/aromatic N) is 4. The van der Waals surface area contributed by atoms with Gasteiger partial charge in [0.05, 0.1) is 0 Å². The summed E-state index contributed by atoms with van der Waals surface area (Å²) in [6.07, 6.45) is 1.63. The topological polar surface area (TPSA) is 61.4 Å². The van der Waals surface area contributed by atoms with Crippen LogP contribution in [0.4, 0.5) is 20.3 Å². The Morgan fingerprint density at radius 3 is 2.52 bits per heavy atom. The molecule has 3 aromatic rings. The summed E-state index contributed by atoms with van der Waals surface area (Å²) >= 11 is 0. The molecule has 29 heavy (non-hydrogen) atoms. The molecule has 1 amide bonds. The number of aromatic nitrogens is 2. The Labute approximate surface area is 167 Å². The van der Waals surface area contributed by atoms with E-state index >= 15 is 0 Å². The standard InChI is InChI=1S/C21H21F2N5O/c22-15-4-6-16(7-5-15)27-10-12-28(13-11-27)19(29)8-9-24-21-17-2-1-3-18(23)20(17)25-14-26-21/h1-7,14H,8-13H2,(H,24,25,26). The van der Waals surface area contributed by atoms with Gasteiger partial charge in [-0.05, 0) is 36.4 Å². The van der Waals surface area contributed by atoms with Crippen LogP contribution in [0.2, 0.25) is 0 Å². The van der Waals surface area contributed by atoms with Crippen molar-refractivity contribution in [3.63, 3.8) is 0 Å². The number of hydrogen-bond acceptors (Lipinski definition) is 5. The maximum atomic E-state index is 13.8. The highest BCUT2D eigenvalue weighted by Crippen LogP contribution is 2.21. The fourth-order valence-electron chi connectivity index (χ4n) is 3.50. The third-order valence-electron chi connectivity index (χ3n) is 5.07. The van der Waals surface area contributed by atoms with Gasteiger partial charge in [0.25, 0.3) is 0 Å². The van der Waals surface area contributed by atoms with Crippen LogP contribution in [0, 0.1) is 11.6 Å². The fourth-order valence-corrected chi connectivity index (χ4v) is 3.50. The van der Waals surface area contributed by atoms with Gasteiger partial charge in [0.15, 0.2) is 0 Å². The molecule has 1 saturated heterocycles. The lowest BCUT2D eigenvalue weighted by molar-refractivity contribution is -0.131. The van der Waals surface area contributed by atoms with E-state index in [1.807, 2.05) is 4.90 Å². The molecule has 0 atom stereocenters. The highest BCUT2D eigenvalue weighted by molar-refractivity contribution is 5.89. The largest absolute Gasteiger partial charge is 0.369 e. The Morgan fingerprint density at radius 1 is 1.00 bits per heavy atom. The van der Waals surface area contributed by atoms with Crippen molar-refractivity contribution < 1.29 is 13.6 Å². The first-order valence-corrected chi connectivity index (χ1v) is 9.53. The first-order valence-electron chi connectivity index (χ1n) is 9.53. The average Bonchev–Trinajstić information content (AvgIpc) is 2.75. The Morgan fingerprint density at radius 2 is 1.76 bits per heavy atom. The molecule has 0 saturated carbocycles. The molecule has 150 valence electrons. The van der Waals surface area contributed by atoms with E-state index in [2.05, 4.69) is 20.2 Å². The zero-order valence-electron chi connectivity index (χ0n) is 15.8. The van der Waals surface area contributed by atoms with E-state index in [-0.39, 0.29) is 17.2 Å². The molecule has 0 spiro atoms. The maximum Gasteiger partial charge on any atom is 0.224 e. The van der Waals surface area contributed by atoms with Gasteiger partial charge in [0.1, 0.15) is 29.3 Å². The van der Waals surface area contributed by atoms with E-state index in [1.165, 1.54) is 24.5 Å². The molecular formula is C21H21F2N5O. The van der Waals surface area contributed by atoms with Crippen molar-refractivity contribution in [2.75, 3.05) is 42.9 Å². The predicted octanol–water partition coefficient (Wildman–Crippen LogP) is 3.06. The zero-order valence-corrected chi connectivity index (χ0v) is 15.8. The normalized spacial score (nSPS) is 14.3. The summed E-state index contributed by atoms with van der Waals surface area (Å²) in [4.78, 5) is 24.6. The number of halogens is 2. The van der Waals surface area contributed by atoms with E-state index in [4.69, 9.17) is 0 Å². The summed E-state index contributed by atoms with van der Waals surface area (Å²) in [5.74, 6) is -0.0819. The van der Waals surface area contributed by atoms with Crippen LogP contribution >= 0.6 is 0 Å². The van der Waals surface area contributed by atoms with Crippen LogP contribution in [0.1, 0.15) is 6.42 Å². The van der Waals surface area contributed by atoms with E-state index in [9.17, 15) is 13.6 Å². The number of amides is 1. The quantitative estimate of drug-likeness (QED) is 0.717. The summed E-state index contributed by atoms with van der Waals surface area (Å²) in [5.41, 5.74) is 1.22.